The van der Waals surface area contributed by atoms with E-state index in [1.807, 2.05) is 32.0 Å². The van der Waals surface area contributed by atoms with E-state index in [-0.39, 0.29) is 6.61 Å². The minimum Gasteiger partial charge on any atom is -0.457 e. The molecular weight excluding hydrogens is 328 g/mol. The van der Waals surface area contributed by atoms with Crippen LogP contribution < -0.4 is 5.63 Å². The van der Waals surface area contributed by atoms with Crippen molar-refractivity contribution in [3.05, 3.63) is 56.4 Å². The first kappa shape index (κ1) is 16.3. The number of rotatable bonds is 5. The molecule has 2 heterocycles. The fourth-order valence-corrected chi connectivity index (χ4v) is 3.06. The van der Waals surface area contributed by atoms with Crippen LogP contribution in [0.1, 0.15) is 40.3 Å². The number of hydrogen-bond acceptors (Lipinski definition) is 7. The van der Waals surface area contributed by atoms with Crippen LogP contribution >= 0.6 is 11.5 Å². The highest BCUT2D eigenvalue weighted by Crippen LogP contribution is 2.21. The molecule has 3 aromatic rings. The number of esters is 1. The number of benzene rings is 1. The Kier molecular flexibility index (Phi) is 4.71. The fourth-order valence-electron chi connectivity index (χ4n) is 2.42. The lowest BCUT2D eigenvalue weighted by Gasteiger charge is -2.07. The Balaban J connectivity index is 1.87. The number of carbonyl (C=O) groups is 1. The number of hydrogen-bond donors (Lipinski definition) is 0. The summed E-state index contributed by atoms with van der Waals surface area (Å²) in [7, 11) is 0. The van der Waals surface area contributed by atoms with E-state index in [0.717, 1.165) is 28.9 Å². The van der Waals surface area contributed by atoms with Crippen molar-refractivity contribution in [3.63, 3.8) is 0 Å². The lowest BCUT2D eigenvalue weighted by Crippen LogP contribution is -2.08. The summed E-state index contributed by atoms with van der Waals surface area (Å²) in [5.41, 5.74) is 2.35. The third-order valence-corrected chi connectivity index (χ3v) is 4.49. The summed E-state index contributed by atoms with van der Waals surface area (Å²) in [5.74, 6) is -0.478. The van der Waals surface area contributed by atoms with Crippen LogP contribution in [0.25, 0.3) is 11.0 Å². The van der Waals surface area contributed by atoms with Gasteiger partial charge in [-0.3, -0.25) is 0 Å². The average molecular weight is 344 g/mol. The Morgan fingerprint density at radius 2 is 2.08 bits per heavy atom. The van der Waals surface area contributed by atoms with Gasteiger partial charge in [0.2, 0.25) is 0 Å². The average Bonchev–Trinajstić information content (AvgIpc) is 3.07. The largest absolute Gasteiger partial charge is 0.457 e. The molecule has 2 aromatic heterocycles. The predicted octanol–water partition coefficient (Wildman–Crippen LogP) is 3.13. The standard InChI is InChI=1S/C17H16N2O4S/c1-3-10-5-6-12-11(8-15(20)23-14(12)7-10)9-22-17(21)16-13(4-2)18-19-24-16/h5-8H,3-4,9H2,1-2H3. The van der Waals surface area contributed by atoms with Crippen molar-refractivity contribution in [1.82, 2.24) is 9.59 Å². The number of aromatic nitrogens is 2. The molecule has 0 aliphatic heterocycles. The van der Waals surface area contributed by atoms with E-state index in [0.29, 0.717) is 28.1 Å². The molecule has 0 atom stereocenters. The van der Waals surface area contributed by atoms with Gasteiger partial charge in [-0.2, -0.15) is 0 Å². The van der Waals surface area contributed by atoms with Crippen LogP contribution in [0, 0.1) is 0 Å². The number of fused-ring (bicyclic) bond motifs is 1. The summed E-state index contributed by atoms with van der Waals surface area (Å²) >= 11 is 1.01. The molecule has 0 N–H and O–H groups in total. The van der Waals surface area contributed by atoms with Crippen LogP contribution in [0.2, 0.25) is 0 Å². The van der Waals surface area contributed by atoms with Crippen molar-refractivity contribution in [1.29, 1.82) is 0 Å². The first-order valence-electron chi connectivity index (χ1n) is 7.66. The number of nitrogens with zero attached hydrogens (tertiary/aromatic N) is 2. The maximum Gasteiger partial charge on any atom is 0.352 e. The lowest BCUT2D eigenvalue weighted by atomic mass is 10.1. The summed E-state index contributed by atoms with van der Waals surface area (Å²) in [4.78, 5) is 24.3. The minimum atomic E-state index is -0.478. The van der Waals surface area contributed by atoms with Crippen molar-refractivity contribution >= 4 is 28.5 Å². The van der Waals surface area contributed by atoms with E-state index in [1.54, 1.807) is 0 Å². The van der Waals surface area contributed by atoms with E-state index in [9.17, 15) is 9.59 Å². The van der Waals surface area contributed by atoms with Gasteiger partial charge in [-0.25, -0.2) is 9.59 Å². The highest BCUT2D eigenvalue weighted by Gasteiger charge is 2.17. The molecule has 0 unspecified atom stereocenters. The van der Waals surface area contributed by atoms with Gasteiger partial charge in [0.1, 0.15) is 12.2 Å². The molecule has 0 amide bonds. The molecule has 7 heteroatoms. The van der Waals surface area contributed by atoms with Crippen molar-refractivity contribution in [2.75, 3.05) is 0 Å². The van der Waals surface area contributed by atoms with Crippen molar-refractivity contribution in [2.24, 2.45) is 0 Å². The third-order valence-electron chi connectivity index (χ3n) is 3.74. The topological polar surface area (TPSA) is 82.3 Å². The second kappa shape index (κ2) is 6.92. The Labute approximate surface area is 142 Å². The van der Waals surface area contributed by atoms with Gasteiger partial charge in [0, 0.05) is 17.0 Å². The highest BCUT2D eigenvalue weighted by molar-refractivity contribution is 7.07. The zero-order valence-electron chi connectivity index (χ0n) is 13.4. The molecule has 6 nitrogen and oxygen atoms in total. The summed E-state index contributed by atoms with van der Waals surface area (Å²) in [6.07, 6.45) is 1.45. The molecule has 3 rings (SSSR count). The molecule has 0 spiro atoms. The van der Waals surface area contributed by atoms with Crippen LogP contribution in [0.3, 0.4) is 0 Å². The van der Waals surface area contributed by atoms with Crippen LogP contribution in [0.5, 0.6) is 0 Å². The first-order chi connectivity index (χ1) is 11.6. The Morgan fingerprint density at radius 3 is 2.83 bits per heavy atom. The molecule has 24 heavy (non-hydrogen) atoms. The molecule has 124 valence electrons. The van der Waals surface area contributed by atoms with E-state index in [1.165, 1.54) is 6.07 Å². The monoisotopic (exact) mass is 344 g/mol. The molecule has 0 saturated heterocycles. The highest BCUT2D eigenvalue weighted by atomic mass is 32.1. The second-order valence-electron chi connectivity index (χ2n) is 5.25. The normalized spacial score (nSPS) is 10.9. The van der Waals surface area contributed by atoms with Gasteiger partial charge in [0.05, 0.1) is 5.69 Å². The van der Waals surface area contributed by atoms with Crippen molar-refractivity contribution < 1.29 is 13.9 Å². The maximum atomic E-state index is 12.2. The quantitative estimate of drug-likeness (QED) is 0.522. The summed E-state index contributed by atoms with van der Waals surface area (Å²) in [5, 5.41) is 4.66. The Bertz CT molecular complexity index is 945. The van der Waals surface area contributed by atoms with Crippen LogP contribution in [-0.4, -0.2) is 15.6 Å². The number of aryl methyl sites for hydroxylation is 2. The molecular formula is C17H16N2O4S. The Morgan fingerprint density at radius 1 is 1.25 bits per heavy atom. The van der Waals surface area contributed by atoms with Crippen LogP contribution in [0.15, 0.2) is 33.5 Å². The molecule has 0 aliphatic carbocycles. The Hall–Kier alpha value is -2.54. The van der Waals surface area contributed by atoms with E-state index < -0.39 is 11.6 Å². The summed E-state index contributed by atoms with van der Waals surface area (Å²) in [6, 6.07) is 7.04. The molecule has 0 radical (unpaired) electrons. The van der Waals surface area contributed by atoms with Crippen LogP contribution in [-0.2, 0) is 24.2 Å². The SMILES string of the molecule is CCc1ccc2c(COC(=O)c3snnc3CC)cc(=O)oc2c1. The van der Waals surface area contributed by atoms with E-state index in [2.05, 4.69) is 9.59 Å². The zero-order chi connectivity index (χ0) is 17.1. The van der Waals surface area contributed by atoms with Gasteiger partial charge in [-0.1, -0.05) is 30.5 Å². The van der Waals surface area contributed by atoms with E-state index in [4.69, 9.17) is 9.15 Å². The van der Waals surface area contributed by atoms with Gasteiger partial charge in [-0.05, 0) is 36.0 Å². The molecule has 0 saturated carbocycles. The lowest BCUT2D eigenvalue weighted by molar-refractivity contribution is 0.0478. The van der Waals surface area contributed by atoms with Gasteiger partial charge >= 0.3 is 11.6 Å². The smallest absolute Gasteiger partial charge is 0.352 e. The van der Waals surface area contributed by atoms with E-state index >= 15 is 0 Å². The van der Waals surface area contributed by atoms with Gasteiger partial charge in [-0.15, -0.1) is 5.10 Å². The summed E-state index contributed by atoms with van der Waals surface area (Å²) in [6.45, 7) is 3.92. The number of carbonyl (C=O) groups excluding carboxylic acids is 1. The molecule has 0 aliphatic rings. The minimum absolute atomic E-state index is 0.00649. The van der Waals surface area contributed by atoms with Gasteiger partial charge in [0.15, 0.2) is 4.88 Å². The first-order valence-corrected chi connectivity index (χ1v) is 8.43. The molecule has 1 aromatic carbocycles. The fraction of sp³-hybridized carbons (Fsp3) is 0.294. The predicted molar refractivity (Wildman–Crippen MR) is 90.3 cm³/mol. The third kappa shape index (κ3) is 3.21. The zero-order valence-corrected chi connectivity index (χ0v) is 14.2. The second-order valence-corrected chi connectivity index (χ2v) is 6.01. The number of ether oxygens (including phenoxy) is 1. The van der Waals surface area contributed by atoms with Crippen LogP contribution in [0.4, 0.5) is 0 Å². The van der Waals surface area contributed by atoms with Crippen molar-refractivity contribution in [3.8, 4) is 0 Å². The maximum absolute atomic E-state index is 12.2. The van der Waals surface area contributed by atoms with Gasteiger partial charge in [0.25, 0.3) is 0 Å². The summed E-state index contributed by atoms with van der Waals surface area (Å²) < 4.78 is 14.4. The van der Waals surface area contributed by atoms with Gasteiger partial charge < -0.3 is 9.15 Å². The molecule has 0 bridgehead atoms. The molecule has 0 fully saturated rings. The van der Waals surface area contributed by atoms with Crippen molar-refractivity contribution in [2.45, 2.75) is 33.3 Å².